The first-order valence-electron chi connectivity index (χ1n) is 14.9. The van der Waals surface area contributed by atoms with Crippen molar-refractivity contribution in [3.8, 4) is 0 Å². The highest BCUT2D eigenvalue weighted by molar-refractivity contribution is 5.56. The van der Waals surface area contributed by atoms with Gasteiger partial charge in [-0.05, 0) is 87.6 Å². The number of hydrogen-bond acceptors (Lipinski definition) is 6. The Balaban J connectivity index is 1.40. The second-order valence-corrected chi connectivity index (χ2v) is 12.5. The largest absolute Gasteiger partial charge is 0.381 e. The lowest BCUT2D eigenvalue weighted by atomic mass is 9.82. The number of aryl methyl sites for hydroxylation is 1. The minimum Gasteiger partial charge on any atom is -0.381 e. The van der Waals surface area contributed by atoms with Gasteiger partial charge in [-0.15, -0.1) is 0 Å². The number of allylic oxidation sites excluding steroid dienone is 3. The lowest BCUT2D eigenvalue weighted by Crippen LogP contribution is -2.46. The van der Waals surface area contributed by atoms with Gasteiger partial charge in [0.25, 0.3) is 0 Å². The molecule has 0 radical (unpaired) electrons. The number of ether oxygens (including phenoxy) is 1. The maximum Gasteiger partial charge on any atom is 0.131 e. The molecule has 1 aromatic rings. The van der Waals surface area contributed by atoms with Gasteiger partial charge in [-0.2, -0.15) is 5.11 Å². The second-order valence-electron chi connectivity index (χ2n) is 12.5. The van der Waals surface area contributed by atoms with Gasteiger partial charge < -0.3 is 15.0 Å². The predicted molar refractivity (Wildman–Crippen MR) is 150 cm³/mol. The van der Waals surface area contributed by atoms with Crippen molar-refractivity contribution < 1.29 is 13.5 Å². The molecule has 8 heteroatoms. The van der Waals surface area contributed by atoms with Crippen LogP contribution in [0.5, 0.6) is 0 Å². The molecule has 4 heterocycles. The van der Waals surface area contributed by atoms with E-state index in [0.717, 1.165) is 37.1 Å². The molecule has 212 valence electrons. The summed E-state index contributed by atoms with van der Waals surface area (Å²) in [6.45, 7) is 9.51. The average Bonchev–Trinajstić information content (AvgIpc) is 3.63. The third kappa shape index (κ3) is 4.13. The summed E-state index contributed by atoms with van der Waals surface area (Å²) >= 11 is 0. The van der Waals surface area contributed by atoms with Gasteiger partial charge in [0.15, 0.2) is 0 Å². The zero-order valence-corrected chi connectivity index (χ0v) is 23.8. The summed E-state index contributed by atoms with van der Waals surface area (Å²) in [5.41, 5.74) is 5.33. The van der Waals surface area contributed by atoms with Gasteiger partial charge in [0.1, 0.15) is 11.6 Å². The number of nitrogens with one attached hydrogen (secondary N) is 1. The van der Waals surface area contributed by atoms with Crippen molar-refractivity contribution in [2.24, 2.45) is 22.2 Å². The van der Waals surface area contributed by atoms with E-state index in [1.54, 1.807) is 6.92 Å². The van der Waals surface area contributed by atoms with Crippen LogP contribution in [-0.2, 0) is 4.74 Å². The van der Waals surface area contributed by atoms with Gasteiger partial charge >= 0.3 is 0 Å². The third-order valence-electron chi connectivity index (χ3n) is 9.67. The van der Waals surface area contributed by atoms with Crippen molar-refractivity contribution in [3.63, 3.8) is 0 Å². The standard InChI is InChI=1S/C32H39F2N5O/c1-17-14-25(33)28(26(34)15-17)32(21-10-12-40-13-11-21)38-27-16-24(31-20(4)36-37-39(31)22-8-9-22)19(3)35-29(27)23-7-5-6-18(2)30(23)38/h5-7,14-16,18-22,30-32,35H,8-13H2,1-4H3. The summed E-state index contributed by atoms with van der Waals surface area (Å²) < 4.78 is 37.5. The zero-order chi connectivity index (χ0) is 27.7. The molecule has 0 amide bonds. The number of fused-ring (bicyclic) bond motifs is 2. The minimum absolute atomic E-state index is 0.0202. The fourth-order valence-electron chi connectivity index (χ4n) is 7.61. The Bertz CT molecular complexity index is 1330. The highest BCUT2D eigenvalue weighted by Gasteiger charge is 2.50. The van der Waals surface area contributed by atoms with Gasteiger partial charge in [-0.3, -0.25) is 5.01 Å². The van der Waals surface area contributed by atoms with Crippen molar-refractivity contribution >= 4 is 0 Å². The SMILES string of the molecule is Cc1cc(F)c(C(C2CCOCC2)N2C3=C(NC(C)C(C4C(C)N=NN4C4CC4)=C3)C3=CC=CC(C)C32)c(F)c1. The zero-order valence-electron chi connectivity index (χ0n) is 23.8. The van der Waals surface area contributed by atoms with Crippen LogP contribution in [0, 0.1) is 30.4 Å². The third-order valence-corrected chi connectivity index (χ3v) is 9.67. The molecule has 1 N–H and O–H groups in total. The highest BCUT2D eigenvalue weighted by atomic mass is 19.1. The second kappa shape index (κ2) is 9.82. The highest BCUT2D eigenvalue weighted by Crippen LogP contribution is 2.51. The van der Waals surface area contributed by atoms with Crippen LogP contribution in [-0.4, -0.2) is 53.3 Å². The fourth-order valence-corrected chi connectivity index (χ4v) is 7.61. The normalized spacial score (nSPS) is 32.6. The molecule has 6 aliphatic rings. The van der Waals surface area contributed by atoms with E-state index < -0.39 is 17.7 Å². The smallest absolute Gasteiger partial charge is 0.131 e. The molecule has 2 fully saturated rings. The lowest BCUT2D eigenvalue weighted by molar-refractivity contribution is 0.0246. The predicted octanol–water partition coefficient (Wildman–Crippen LogP) is 6.29. The van der Waals surface area contributed by atoms with E-state index in [9.17, 15) is 0 Å². The molecule has 6 atom stereocenters. The first-order chi connectivity index (χ1) is 19.3. The summed E-state index contributed by atoms with van der Waals surface area (Å²) in [5, 5.41) is 15.2. The first kappa shape index (κ1) is 25.9. The molecule has 6 nitrogen and oxygen atoms in total. The van der Waals surface area contributed by atoms with Crippen molar-refractivity contribution in [2.75, 3.05) is 13.2 Å². The molecular formula is C32H39F2N5O. The topological polar surface area (TPSA) is 52.5 Å². The van der Waals surface area contributed by atoms with Crippen LogP contribution in [0.25, 0.3) is 0 Å². The van der Waals surface area contributed by atoms with Gasteiger partial charge in [0, 0.05) is 36.4 Å². The van der Waals surface area contributed by atoms with Crippen LogP contribution in [0.3, 0.4) is 0 Å². The Hall–Kier alpha value is -3.00. The Morgan fingerprint density at radius 1 is 1.02 bits per heavy atom. The number of hydrogen-bond donors (Lipinski definition) is 1. The number of halogens is 2. The van der Waals surface area contributed by atoms with Crippen molar-refractivity contribution in [3.05, 3.63) is 81.7 Å². The van der Waals surface area contributed by atoms with E-state index in [1.807, 2.05) is 0 Å². The molecule has 7 rings (SSSR count). The summed E-state index contributed by atoms with van der Waals surface area (Å²) in [6, 6.07) is 3.15. The number of benzene rings is 1. The monoisotopic (exact) mass is 547 g/mol. The van der Waals surface area contributed by atoms with E-state index in [1.165, 1.54) is 23.3 Å². The van der Waals surface area contributed by atoms with Crippen molar-refractivity contribution in [1.29, 1.82) is 0 Å². The molecule has 0 spiro atoms. The van der Waals surface area contributed by atoms with E-state index in [2.05, 4.69) is 70.6 Å². The maximum atomic E-state index is 15.9. The summed E-state index contributed by atoms with van der Waals surface area (Å²) in [7, 11) is 0. The minimum atomic E-state index is -0.462. The van der Waals surface area contributed by atoms with E-state index in [0.29, 0.717) is 24.8 Å². The average molecular weight is 548 g/mol. The number of dihydropyridines is 1. The quantitative estimate of drug-likeness (QED) is 0.471. The molecule has 2 aliphatic carbocycles. The molecule has 4 aliphatic heterocycles. The Morgan fingerprint density at radius 3 is 2.45 bits per heavy atom. The van der Waals surface area contributed by atoms with Crippen LogP contribution >= 0.6 is 0 Å². The molecule has 6 unspecified atom stereocenters. The van der Waals surface area contributed by atoms with Gasteiger partial charge in [0.05, 0.1) is 35.6 Å². The first-order valence-corrected chi connectivity index (χ1v) is 14.9. The molecule has 0 bridgehead atoms. The molecule has 40 heavy (non-hydrogen) atoms. The molecule has 1 saturated carbocycles. The van der Waals surface area contributed by atoms with Crippen molar-refractivity contribution in [2.45, 2.75) is 89.6 Å². The molecule has 1 saturated heterocycles. The van der Waals surface area contributed by atoms with Crippen LogP contribution < -0.4 is 5.32 Å². The van der Waals surface area contributed by atoms with Crippen LogP contribution in [0.4, 0.5) is 8.78 Å². The lowest BCUT2D eigenvalue weighted by Gasteiger charge is -2.45. The Kier molecular flexibility index (Phi) is 6.37. The van der Waals surface area contributed by atoms with E-state index in [4.69, 9.17) is 4.74 Å². The summed E-state index contributed by atoms with van der Waals surface area (Å²) in [5.74, 6) is -0.690. The Morgan fingerprint density at radius 2 is 1.75 bits per heavy atom. The van der Waals surface area contributed by atoms with E-state index >= 15 is 8.78 Å². The van der Waals surface area contributed by atoms with Crippen molar-refractivity contribution in [1.82, 2.24) is 15.2 Å². The van der Waals surface area contributed by atoms with Crippen LogP contribution in [0.2, 0.25) is 0 Å². The summed E-state index contributed by atoms with van der Waals surface area (Å²) in [4.78, 5) is 2.36. The van der Waals surface area contributed by atoms with Gasteiger partial charge in [0.2, 0.25) is 0 Å². The number of nitrogens with zero attached hydrogens (tertiary/aromatic N) is 4. The van der Waals surface area contributed by atoms with Crippen LogP contribution in [0.1, 0.15) is 63.6 Å². The van der Waals surface area contributed by atoms with Crippen LogP contribution in [0.15, 0.2) is 69.3 Å². The molecule has 1 aromatic carbocycles. The fraction of sp³-hybridized carbons (Fsp3) is 0.562. The molecule has 0 aromatic heterocycles. The molecular weight excluding hydrogens is 508 g/mol. The maximum absolute atomic E-state index is 15.9. The van der Waals surface area contributed by atoms with Gasteiger partial charge in [-0.1, -0.05) is 30.4 Å². The van der Waals surface area contributed by atoms with Gasteiger partial charge in [-0.25, -0.2) is 8.78 Å². The Labute approximate surface area is 235 Å². The number of rotatable bonds is 5. The summed E-state index contributed by atoms with van der Waals surface area (Å²) in [6.07, 6.45) is 12.6. The van der Waals surface area contributed by atoms with E-state index in [-0.39, 0.29) is 41.6 Å².